The molecule has 2 aromatic heterocycles. The molecule has 2 amide bonds. The van der Waals surface area contributed by atoms with E-state index in [1.165, 1.54) is 4.90 Å². The van der Waals surface area contributed by atoms with E-state index in [-0.39, 0.29) is 55.8 Å². The highest BCUT2D eigenvalue weighted by molar-refractivity contribution is 9.10. The first kappa shape index (κ1) is 30.5. The zero-order valence-corrected chi connectivity index (χ0v) is 24.2. The van der Waals surface area contributed by atoms with Crippen LogP contribution in [0.1, 0.15) is 24.1 Å². The van der Waals surface area contributed by atoms with Crippen LogP contribution in [0.4, 0.5) is 5.69 Å². The average Bonchev–Trinajstić information content (AvgIpc) is 3.46. The van der Waals surface area contributed by atoms with Crippen LogP contribution in [0.15, 0.2) is 35.1 Å². The number of benzene rings is 1. The second-order valence-corrected chi connectivity index (χ2v) is 9.56. The molecule has 0 radical (unpaired) electrons. The third-order valence-electron chi connectivity index (χ3n) is 5.78. The summed E-state index contributed by atoms with van der Waals surface area (Å²) in [6, 6.07) is 6.77. The lowest BCUT2D eigenvalue weighted by Crippen LogP contribution is -2.45. The van der Waals surface area contributed by atoms with Gasteiger partial charge in [0.15, 0.2) is 11.4 Å². The molecule has 0 aliphatic carbocycles. The Kier molecular flexibility index (Phi) is 11.1. The maximum Gasteiger partial charge on any atom is 0.246 e. The first-order valence-corrected chi connectivity index (χ1v) is 12.3. The molecule has 2 N–H and O–H groups in total. The predicted molar refractivity (Wildman–Crippen MR) is 150 cm³/mol. The molecule has 1 atom stereocenters. The van der Waals surface area contributed by atoms with E-state index < -0.39 is 0 Å². The fourth-order valence-corrected chi connectivity index (χ4v) is 4.79. The lowest BCUT2D eigenvalue weighted by molar-refractivity contribution is -0.126. The van der Waals surface area contributed by atoms with E-state index >= 15 is 0 Å². The number of pyridine rings is 1. The van der Waals surface area contributed by atoms with Gasteiger partial charge in [0, 0.05) is 23.8 Å². The number of aryl methyl sites for hydroxylation is 1. The van der Waals surface area contributed by atoms with Crippen molar-refractivity contribution in [3.8, 4) is 5.75 Å². The molecular weight excluding hydrogens is 616 g/mol. The average molecular weight is 642 g/mol. The van der Waals surface area contributed by atoms with Gasteiger partial charge >= 0.3 is 0 Å². The quantitative estimate of drug-likeness (QED) is 0.381. The van der Waals surface area contributed by atoms with Crippen molar-refractivity contribution in [2.75, 3.05) is 25.0 Å². The maximum absolute atomic E-state index is 12.7. The van der Waals surface area contributed by atoms with Crippen LogP contribution in [0.2, 0.25) is 10.0 Å². The van der Waals surface area contributed by atoms with Crippen molar-refractivity contribution < 1.29 is 14.3 Å². The van der Waals surface area contributed by atoms with Gasteiger partial charge < -0.3 is 20.3 Å². The number of halogens is 5. The zero-order chi connectivity index (χ0) is 24.4. The summed E-state index contributed by atoms with van der Waals surface area (Å²) in [6.45, 7) is 2.66. The van der Waals surface area contributed by atoms with Gasteiger partial charge in [-0.05, 0) is 66.5 Å². The summed E-state index contributed by atoms with van der Waals surface area (Å²) in [6.07, 6.45) is 3.60. The Morgan fingerprint density at radius 1 is 1.31 bits per heavy atom. The number of aromatic nitrogens is 2. The molecule has 0 unspecified atom stereocenters. The van der Waals surface area contributed by atoms with Gasteiger partial charge in [0.05, 0.1) is 29.0 Å². The Labute approximate surface area is 240 Å². The molecule has 1 aromatic carbocycles. The SMILES string of the molecule is Cc1nc2c(OCc3c(Cl)ccc(N(C)C(=O)CNC(=O)[C@@H]4CCCN4)c3Cl)cccn2c1Br.Cl.Cl. The number of rotatable bonds is 7. The number of amides is 2. The Bertz CT molecular complexity index is 1250. The first-order valence-electron chi connectivity index (χ1n) is 10.8. The van der Waals surface area contributed by atoms with Crippen molar-refractivity contribution in [2.24, 2.45) is 0 Å². The zero-order valence-electron chi connectivity index (χ0n) is 19.5. The molecule has 1 aliphatic rings. The molecule has 1 saturated heterocycles. The molecule has 3 aromatic rings. The number of likely N-dealkylation sites (N-methyl/N-ethyl adjacent to an activating group) is 1. The number of imidazole rings is 1. The Hall–Kier alpha value is -1.75. The number of fused-ring (bicyclic) bond motifs is 1. The number of anilines is 1. The Morgan fingerprint density at radius 2 is 2.06 bits per heavy atom. The van der Waals surface area contributed by atoms with E-state index in [0.717, 1.165) is 29.7 Å². The van der Waals surface area contributed by atoms with E-state index in [4.69, 9.17) is 27.9 Å². The van der Waals surface area contributed by atoms with Crippen molar-refractivity contribution in [3.05, 3.63) is 56.4 Å². The maximum atomic E-state index is 12.7. The summed E-state index contributed by atoms with van der Waals surface area (Å²) in [5.41, 5.74) is 2.52. The van der Waals surface area contributed by atoms with Crippen molar-refractivity contribution in [1.82, 2.24) is 20.0 Å². The summed E-state index contributed by atoms with van der Waals surface area (Å²) in [5, 5.41) is 6.53. The van der Waals surface area contributed by atoms with Crippen LogP contribution in [-0.2, 0) is 16.2 Å². The lowest BCUT2D eigenvalue weighted by atomic mass is 10.2. The van der Waals surface area contributed by atoms with Crippen LogP contribution in [0.5, 0.6) is 5.75 Å². The van der Waals surface area contributed by atoms with Crippen LogP contribution in [0.3, 0.4) is 0 Å². The third-order valence-corrected chi connectivity index (χ3v) is 7.51. The van der Waals surface area contributed by atoms with E-state index in [1.54, 1.807) is 19.2 Å². The minimum absolute atomic E-state index is 0. The van der Waals surface area contributed by atoms with Gasteiger partial charge in [-0.15, -0.1) is 24.8 Å². The fourth-order valence-electron chi connectivity index (χ4n) is 3.81. The van der Waals surface area contributed by atoms with Gasteiger partial charge in [-0.3, -0.25) is 14.0 Å². The fraction of sp³-hybridized carbons (Fsp3) is 0.348. The number of nitrogens with zero attached hydrogens (tertiary/aromatic N) is 3. The van der Waals surface area contributed by atoms with Gasteiger partial charge in [0.25, 0.3) is 0 Å². The summed E-state index contributed by atoms with van der Waals surface area (Å²) in [7, 11) is 1.60. The van der Waals surface area contributed by atoms with Crippen LogP contribution < -0.4 is 20.3 Å². The molecule has 0 spiro atoms. The van der Waals surface area contributed by atoms with E-state index in [9.17, 15) is 9.59 Å². The second kappa shape index (κ2) is 13.2. The lowest BCUT2D eigenvalue weighted by Gasteiger charge is -2.22. The number of carbonyl (C=O) groups is 2. The van der Waals surface area contributed by atoms with Gasteiger partial charge in [-0.1, -0.05) is 23.2 Å². The molecule has 4 rings (SSSR count). The Morgan fingerprint density at radius 3 is 2.75 bits per heavy atom. The summed E-state index contributed by atoms with van der Waals surface area (Å²) in [5.74, 6) is 0.0944. The highest BCUT2D eigenvalue weighted by Gasteiger charge is 2.24. The molecule has 1 aliphatic heterocycles. The minimum atomic E-state index is -0.301. The molecule has 0 bridgehead atoms. The molecule has 13 heteroatoms. The van der Waals surface area contributed by atoms with Crippen molar-refractivity contribution >= 4 is 87.1 Å². The molecule has 8 nitrogen and oxygen atoms in total. The minimum Gasteiger partial charge on any atom is -0.485 e. The topological polar surface area (TPSA) is 88.0 Å². The van der Waals surface area contributed by atoms with Crippen molar-refractivity contribution in [2.45, 2.75) is 32.4 Å². The first-order chi connectivity index (χ1) is 16.3. The summed E-state index contributed by atoms with van der Waals surface area (Å²) >= 11 is 16.6. The van der Waals surface area contributed by atoms with Gasteiger partial charge in [-0.2, -0.15) is 0 Å². The van der Waals surface area contributed by atoms with Crippen LogP contribution in [-0.4, -0.2) is 47.4 Å². The van der Waals surface area contributed by atoms with Gasteiger partial charge in [-0.25, -0.2) is 4.98 Å². The highest BCUT2D eigenvalue weighted by atomic mass is 79.9. The molecule has 0 saturated carbocycles. The van der Waals surface area contributed by atoms with E-state index in [0.29, 0.717) is 32.7 Å². The predicted octanol–water partition coefficient (Wildman–Crippen LogP) is 4.97. The van der Waals surface area contributed by atoms with Crippen LogP contribution in [0.25, 0.3) is 5.65 Å². The van der Waals surface area contributed by atoms with E-state index in [1.807, 2.05) is 29.7 Å². The molecule has 36 heavy (non-hydrogen) atoms. The normalized spacial score (nSPS) is 14.6. The number of nitrogens with one attached hydrogen (secondary N) is 2. The standard InChI is InChI=1S/C23H24BrCl2N5O3.2ClH/c1-13-21(24)31-10-4-6-18(22(31)29-13)34-12-14-15(25)7-8-17(20(14)26)30(2)19(32)11-28-23(33)16-5-3-9-27-16;;/h4,6-8,10,16,27H,3,5,9,11-12H2,1-2H3,(H,28,33);2*1H/t16-;;/m0../s1. The van der Waals surface area contributed by atoms with E-state index in [2.05, 4.69) is 31.5 Å². The molecule has 1 fully saturated rings. The Balaban J connectivity index is 0.00000228. The second-order valence-electron chi connectivity index (χ2n) is 8.02. The molecule has 3 heterocycles. The number of ether oxygens (including phenoxy) is 1. The third kappa shape index (κ3) is 6.38. The monoisotopic (exact) mass is 639 g/mol. The highest BCUT2D eigenvalue weighted by Crippen LogP contribution is 2.35. The number of hydrogen-bond donors (Lipinski definition) is 2. The summed E-state index contributed by atoms with van der Waals surface area (Å²) in [4.78, 5) is 30.9. The van der Waals surface area contributed by atoms with Crippen LogP contribution in [0, 0.1) is 6.92 Å². The number of carbonyl (C=O) groups excluding carboxylic acids is 2. The van der Waals surface area contributed by atoms with Crippen LogP contribution >= 0.6 is 63.9 Å². The summed E-state index contributed by atoms with van der Waals surface area (Å²) < 4.78 is 8.76. The van der Waals surface area contributed by atoms with Gasteiger partial charge in [0.1, 0.15) is 11.2 Å². The molecule has 196 valence electrons. The van der Waals surface area contributed by atoms with Crippen molar-refractivity contribution in [1.29, 1.82) is 0 Å². The van der Waals surface area contributed by atoms with Crippen molar-refractivity contribution in [3.63, 3.8) is 0 Å². The largest absolute Gasteiger partial charge is 0.485 e. The number of hydrogen-bond acceptors (Lipinski definition) is 5. The molecular formula is C23H26BrCl4N5O3. The van der Waals surface area contributed by atoms with Gasteiger partial charge in [0.2, 0.25) is 11.8 Å². The smallest absolute Gasteiger partial charge is 0.246 e.